The predicted molar refractivity (Wildman–Crippen MR) is 60.4 cm³/mol. The maximum absolute atomic E-state index is 12.6. The summed E-state index contributed by atoms with van der Waals surface area (Å²) in [5, 5.41) is 9.43. The van der Waals surface area contributed by atoms with Gasteiger partial charge in [-0.15, -0.1) is 0 Å². The third kappa shape index (κ3) is 5.03. The third-order valence-electron chi connectivity index (χ3n) is 3.41. The van der Waals surface area contributed by atoms with Gasteiger partial charge in [-0.1, -0.05) is 0 Å². The Kier molecular flexibility index (Phi) is 5.14. The van der Waals surface area contributed by atoms with Crippen LogP contribution in [-0.2, 0) is 4.79 Å². The lowest BCUT2D eigenvalue weighted by Crippen LogP contribution is -2.54. The van der Waals surface area contributed by atoms with E-state index in [1.165, 1.54) is 4.90 Å². The molecule has 1 aliphatic rings. The van der Waals surface area contributed by atoms with Crippen molar-refractivity contribution in [1.29, 1.82) is 0 Å². The van der Waals surface area contributed by atoms with Gasteiger partial charge in [0.05, 0.1) is 6.54 Å². The zero-order chi connectivity index (χ0) is 16.5. The molecule has 1 saturated heterocycles. The molecule has 1 N–H and O–H groups in total. The smallest absolute Gasteiger partial charge is 0.380 e. The first-order valence-corrected chi connectivity index (χ1v) is 6.16. The molecule has 1 heterocycles. The molecule has 1 aliphatic heterocycles. The zero-order valence-corrected chi connectivity index (χ0v) is 11.3. The molecule has 1 amide bonds. The van der Waals surface area contributed by atoms with E-state index < -0.39 is 49.8 Å². The summed E-state index contributed by atoms with van der Waals surface area (Å²) in [5.74, 6) is -0.829. The molecule has 0 aromatic carbocycles. The van der Waals surface area contributed by atoms with Crippen LogP contribution in [0.1, 0.15) is 12.8 Å². The number of hydrogen-bond donors (Lipinski definition) is 1. The van der Waals surface area contributed by atoms with Gasteiger partial charge >= 0.3 is 12.4 Å². The van der Waals surface area contributed by atoms with Gasteiger partial charge in [0.15, 0.2) is 5.60 Å². The minimum Gasteiger partial charge on any atom is -0.380 e. The summed E-state index contributed by atoms with van der Waals surface area (Å²) in [6, 6.07) is 0. The highest BCUT2D eigenvalue weighted by atomic mass is 19.4. The first-order chi connectivity index (χ1) is 9.34. The van der Waals surface area contributed by atoms with Gasteiger partial charge in [0.2, 0.25) is 5.91 Å². The lowest BCUT2D eigenvalue weighted by Gasteiger charge is -2.39. The Balaban J connectivity index is 2.48. The summed E-state index contributed by atoms with van der Waals surface area (Å²) in [4.78, 5) is 13.3. The van der Waals surface area contributed by atoms with E-state index in [4.69, 9.17) is 0 Å². The van der Waals surface area contributed by atoms with Crippen LogP contribution in [0.25, 0.3) is 0 Å². The number of nitrogens with zero attached hydrogens (tertiary/aromatic N) is 2. The Hall–Kier alpha value is -1.03. The molecule has 21 heavy (non-hydrogen) atoms. The van der Waals surface area contributed by atoms with Gasteiger partial charge in [0, 0.05) is 20.1 Å². The van der Waals surface area contributed by atoms with Crippen LogP contribution in [0.5, 0.6) is 0 Å². The number of alkyl halides is 6. The van der Waals surface area contributed by atoms with Crippen molar-refractivity contribution >= 4 is 5.91 Å². The standard InChI is InChI=1S/C11H16F6N2O2/c1-18(7-10(12,13)14)8(20)6-19-4-2-9(21,3-5-19)11(15,16)17/h21H,2-7H2,1H3. The minimum atomic E-state index is -4.75. The minimum absolute atomic E-state index is 0.207. The Labute approximate surface area is 117 Å². The first-order valence-electron chi connectivity index (χ1n) is 6.16. The maximum atomic E-state index is 12.6. The van der Waals surface area contributed by atoms with E-state index in [-0.39, 0.29) is 13.1 Å². The number of carbonyl (C=O) groups excluding carboxylic acids is 1. The fraction of sp³-hybridized carbons (Fsp3) is 0.909. The maximum Gasteiger partial charge on any atom is 0.417 e. The van der Waals surface area contributed by atoms with Crippen molar-refractivity contribution in [2.45, 2.75) is 30.8 Å². The Morgan fingerprint density at radius 2 is 1.67 bits per heavy atom. The van der Waals surface area contributed by atoms with E-state index in [0.29, 0.717) is 4.90 Å². The topological polar surface area (TPSA) is 43.8 Å². The van der Waals surface area contributed by atoms with E-state index in [1.54, 1.807) is 0 Å². The molecule has 0 saturated carbocycles. The highest BCUT2D eigenvalue weighted by Gasteiger charge is 2.54. The van der Waals surface area contributed by atoms with Crippen LogP contribution in [0.15, 0.2) is 0 Å². The molecular weight excluding hydrogens is 306 g/mol. The van der Waals surface area contributed by atoms with Crippen LogP contribution in [0.4, 0.5) is 26.3 Å². The SMILES string of the molecule is CN(CC(F)(F)F)C(=O)CN1CCC(O)(C(F)(F)F)CC1. The lowest BCUT2D eigenvalue weighted by atomic mass is 9.91. The number of amides is 1. The summed E-state index contributed by atoms with van der Waals surface area (Å²) in [7, 11) is 0.978. The number of likely N-dealkylation sites (N-methyl/N-ethyl adjacent to an activating group) is 1. The van der Waals surface area contributed by atoms with Gasteiger partial charge in [-0.05, 0) is 12.8 Å². The normalized spacial score (nSPS) is 20.4. The summed E-state index contributed by atoms with van der Waals surface area (Å²) in [6.07, 6.45) is -10.5. The van der Waals surface area contributed by atoms with Crippen LogP contribution in [-0.4, -0.2) is 72.0 Å². The Morgan fingerprint density at radius 3 is 2.05 bits per heavy atom. The van der Waals surface area contributed by atoms with Crippen molar-refractivity contribution in [3.63, 3.8) is 0 Å². The number of rotatable bonds is 3. The van der Waals surface area contributed by atoms with Crippen LogP contribution in [0, 0.1) is 0 Å². The molecule has 10 heteroatoms. The average molecular weight is 322 g/mol. The highest BCUT2D eigenvalue weighted by molar-refractivity contribution is 5.78. The first kappa shape index (κ1) is 18.0. The quantitative estimate of drug-likeness (QED) is 0.799. The van der Waals surface area contributed by atoms with Crippen LogP contribution < -0.4 is 0 Å². The molecule has 0 atom stereocenters. The van der Waals surface area contributed by atoms with Crippen molar-refractivity contribution in [2.24, 2.45) is 0 Å². The fourth-order valence-electron chi connectivity index (χ4n) is 2.03. The predicted octanol–water partition coefficient (Wildman–Crippen LogP) is 1.40. The third-order valence-corrected chi connectivity index (χ3v) is 3.41. The molecule has 0 spiro atoms. The molecule has 1 fully saturated rings. The fourth-order valence-corrected chi connectivity index (χ4v) is 2.03. The number of carbonyl (C=O) groups is 1. The molecule has 0 unspecified atom stereocenters. The van der Waals surface area contributed by atoms with Gasteiger partial charge in [0.25, 0.3) is 0 Å². The number of likely N-dealkylation sites (tertiary alicyclic amines) is 1. The second kappa shape index (κ2) is 5.99. The Morgan fingerprint density at radius 1 is 1.19 bits per heavy atom. The number of halogens is 6. The molecule has 0 aliphatic carbocycles. The zero-order valence-electron chi connectivity index (χ0n) is 11.3. The second-order valence-corrected chi connectivity index (χ2v) is 5.17. The monoisotopic (exact) mass is 322 g/mol. The molecule has 0 aromatic heterocycles. The molecule has 124 valence electrons. The summed E-state index contributed by atoms with van der Waals surface area (Å²) < 4.78 is 74.0. The molecule has 4 nitrogen and oxygen atoms in total. The lowest BCUT2D eigenvalue weighted by molar-refractivity contribution is -0.272. The molecule has 0 radical (unpaired) electrons. The molecule has 1 rings (SSSR count). The van der Waals surface area contributed by atoms with Crippen molar-refractivity contribution < 1.29 is 36.2 Å². The van der Waals surface area contributed by atoms with Crippen LogP contribution >= 0.6 is 0 Å². The summed E-state index contributed by atoms with van der Waals surface area (Å²) in [6.45, 7) is -2.23. The molecule has 0 bridgehead atoms. The van der Waals surface area contributed by atoms with E-state index in [2.05, 4.69) is 0 Å². The average Bonchev–Trinajstić information content (AvgIpc) is 2.28. The van der Waals surface area contributed by atoms with E-state index in [9.17, 15) is 36.2 Å². The van der Waals surface area contributed by atoms with Crippen molar-refractivity contribution in [3.8, 4) is 0 Å². The molecular formula is C11H16F6N2O2. The largest absolute Gasteiger partial charge is 0.417 e. The van der Waals surface area contributed by atoms with Gasteiger partial charge < -0.3 is 10.0 Å². The van der Waals surface area contributed by atoms with E-state index in [0.717, 1.165) is 7.05 Å². The number of hydrogen-bond acceptors (Lipinski definition) is 3. The van der Waals surface area contributed by atoms with Crippen molar-refractivity contribution in [1.82, 2.24) is 9.80 Å². The van der Waals surface area contributed by atoms with Crippen molar-refractivity contribution in [2.75, 3.05) is 33.2 Å². The van der Waals surface area contributed by atoms with Gasteiger partial charge in [0.1, 0.15) is 6.54 Å². The van der Waals surface area contributed by atoms with Crippen molar-refractivity contribution in [3.05, 3.63) is 0 Å². The highest BCUT2D eigenvalue weighted by Crippen LogP contribution is 2.38. The van der Waals surface area contributed by atoms with Gasteiger partial charge in [-0.25, -0.2) is 0 Å². The van der Waals surface area contributed by atoms with E-state index >= 15 is 0 Å². The number of piperidine rings is 1. The van der Waals surface area contributed by atoms with E-state index in [1.807, 2.05) is 0 Å². The van der Waals surface area contributed by atoms with Crippen LogP contribution in [0.2, 0.25) is 0 Å². The Bertz CT molecular complexity index is 374. The van der Waals surface area contributed by atoms with Gasteiger partial charge in [-0.3, -0.25) is 9.69 Å². The van der Waals surface area contributed by atoms with Gasteiger partial charge in [-0.2, -0.15) is 26.3 Å². The molecule has 0 aromatic rings. The van der Waals surface area contributed by atoms with Crippen LogP contribution in [0.3, 0.4) is 0 Å². The summed E-state index contributed by atoms with van der Waals surface area (Å²) >= 11 is 0. The summed E-state index contributed by atoms with van der Waals surface area (Å²) in [5.41, 5.74) is -2.79. The number of aliphatic hydroxyl groups is 1. The second-order valence-electron chi connectivity index (χ2n) is 5.17.